The number of rotatable bonds is 2. The van der Waals surface area contributed by atoms with Crippen LogP contribution in [0.15, 0.2) is 0 Å². The fourth-order valence-corrected chi connectivity index (χ4v) is 3.69. The van der Waals surface area contributed by atoms with Crippen LogP contribution in [0.5, 0.6) is 0 Å². The van der Waals surface area contributed by atoms with Crippen LogP contribution in [0.3, 0.4) is 0 Å². The Bertz CT molecular complexity index is 375. The highest BCUT2D eigenvalue weighted by Gasteiger charge is 2.42. The molecular formula is C9H15N3O2S. The molecule has 2 aliphatic rings. The third-order valence-corrected chi connectivity index (χ3v) is 5.36. The van der Waals surface area contributed by atoms with Gasteiger partial charge >= 0.3 is 0 Å². The lowest BCUT2D eigenvalue weighted by atomic mass is 10.0. The van der Waals surface area contributed by atoms with Crippen molar-refractivity contribution in [3.8, 4) is 6.07 Å². The van der Waals surface area contributed by atoms with Gasteiger partial charge in [0.05, 0.1) is 6.07 Å². The zero-order chi connectivity index (χ0) is 11.1. The van der Waals surface area contributed by atoms with E-state index in [0.717, 1.165) is 13.1 Å². The van der Waals surface area contributed by atoms with E-state index in [1.165, 1.54) is 11.2 Å². The van der Waals surface area contributed by atoms with Crippen molar-refractivity contribution >= 4 is 10.0 Å². The topological polar surface area (TPSA) is 73.2 Å². The first-order valence-electron chi connectivity index (χ1n) is 5.15. The molecule has 84 valence electrons. The van der Waals surface area contributed by atoms with Crippen LogP contribution in [0.1, 0.15) is 6.92 Å². The minimum atomic E-state index is -3.39. The second-order valence-electron chi connectivity index (χ2n) is 4.31. The van der Waals surface area contributed by atoms with Gasteiger partial charge in [-0.05, 0) is 31.8 Å². The molecule has 6 heteroatoms. The summed E-state index contributed by atoms with van der Waals surface area (Å²) in [7, 11) is -3.39. The van der Waals surface area contributed by atoms with Crippen LogP contribution >= 0.6 is 0 Å². The summed E-state index contributed by atoms with van der Waals surface area (Å²) in [6, 6.07) is 1.80. The van der Waals surface area contributed by atoms with Crippen molar-refractivity contribution in [3.05, 3.63) is 0 Å². The van der Waals surface area contributed by atoms with Gasteiger partial charge in [-0.25, -0.2) is 12.7 Å². The highest BCUT2D eigenvalue weighted by molar-refractivity contribution is 7.89. The van der Waals surface area contributed by atoms with Gasteiger partial charge in [0, 0.05) is 13.1 Å². The monoisotopic (exact) mass is 229 g/mol. The van der Waals surface area contributed by atoms with Crippen molar-refractivity contribution in [2.45, 2.75) is 12.2 Å². The number of nitrogens with one attached hydrogen (secondary N) is 1. The fourth-order valence-electron chi connectivity index (χ4n) is 2.31. The van der Waals surface area contributed by atoms with Gasteiger partial charge in [-0.15, -0.1) is 0 Å². The molecule has 0 amide bonds. The maximum atomic E-state index is 11.9. The van der Waals surface area contributed by atoms with E-state index in [-0.39, 0.29) is 0 Å². The molecule has 2 aliphatic heterocycles. The van der Waals surface area contributed by atoms with E-state index in [1.807, 2.05) is 0 Å². The Kier molecular flexibility index (Phi) is 2.71. The lowest BCUT2D eigenvalue weighted by Crippen LogP contribution is -2.37. The van der Waals surface area contributed by atoms with Gasteiger partial charge in [-0.1, -0.05) is 0 Å². The highest BCUT2D eigenvalue weighted by atomic mass is 32.2. The van der Waals surface area contributed by atoms with Crippen molar-refractivity contribution in [2.24, 2.45) is 11.8 Å². The van der Waals surface area contributed by atoms with Gasteiger partial charge in [0.15, 0.2) is 5.25 Å². The largest absolute Gasteiger partial charge is 0.316 e. The van der Waals surface area contributed by atoms with E-state index >= 15 is 0 Å². The summed E-state index contributed by atoms with van der Waals surface area (Å²) in [4.78, 5) is 0. The predicted octanol–water partition coefficient (Wildman–Crippen LogP) is -0.621. The maximum Gasteiger partial charge on any atom is 0.230 e. The van der Waals surface area contributed by atoms with Crippen LogP contribution < -0.4 is 5.32 Å². The number of sulfonamides is 1. The Morgan fingerprint density at radius 2 is 1.93 bits per heavy atom. The van der Waals surface area contributed by atoms with Crippen molar-refractivity contribution in [1.82, 2.24) is 9.62 Å². The van der Waals surface area contributed by atoms with Crippen molar-refractivity contribution < 1.29 is 8.42 Å². The maximum absolute atomic E-state index is 11.9. The molecule has 0 spiro atoms. The van der Waals surface area contributed by atoms with Crippen LogP contribution in [0, 0.1) is 23.2 Å². The van der Waals surface area contributed by atoms with Crippen LogP contribution in [0.25, 0.3) is 0 Å². The summed E-state index contributed by atoms with van der Waals surface area (Å²) in [6.45, 7) is 4.40. The molecule has 0 aromatic heterocycles. The molecule has 0 saturated carbocycles. The number of hydrogen-bond acceptors (Lipinski definition) is 4. The predicted molar refractivity (Wildman–Crippen MR) is 55.4 cm³/mol. The first-order valence-corrected chi connectivity index (χ1v) is 6.65. The summed E-state index contributed by atoms with van der Waals surface area (Å²) < 4.78 is 25.2. The van der Waals surface area contributed by atoms with Crippen molar-refractivity contribution in [1.29, 1.82) is 5.26 Å². The van der Waals surface area contributed by atoms with E-state index in [4.69, 9.17) is 5.26 Å². The minimum absolute atomic E-state index is 0.436. The first-order chi connectivity index (χ1) is 7.05. The molecule has 0 aliphatic carbocycles. The van der Waals surface area contributed by atoms with Crippen LogP contribution in [-0.4, -0.2) is 44.2 Å². The Labute approximate surface area is 90.1 Å². The highest BCUT2D eigenvalue weighted by Crippen LogP contribution is 2.29. The lowest BCUT2D eigenvalue weighted by molar-refractivity contribution is 0.445. The molecule has 1 N–H and O–H groups in total. The van der Waals surface area contributed by atoms with Gasteiger partial charge < -0.3 is 5.32 Å². The third kappa shape index (κ3) is 1.75. The second kappa shape index (κ2) is 3.74. The Morgan fingerprint density at radius 3 is 2.40 bits per heavy atom. The molecular weight excluding hydrogens is 214 g/mol. The zero-order valence-electron chi connectivity index (χ0n) is 8.68. The summed E-state index contributed by atoms with van der Waals surface area (Å²) in [5.41, 5.74) is 0. The summed E-state index contributed by atoms with van der Waals surface area (Å²) in [5, 5.41) is 11.0. The first kappa shape index (κ1) is 10.9. The van der Waals surface area contributed by atoms with Crippen molar-refractivity contribution in [2.75, 3.05) is 26.2 Å². The van der Waals surface area contributed by atoms with E-state index in [2.05, 4.69) is 5.32 Å². The molecule has 3 atom stereocenters. The molecule has 1 unspecified atom stereocenters. The Morgan fingerprint density at radius 1 is 1.40 bits per heavy atom. The minimum Gasteiger partial charge on any atom is -0.316 e. The Hall–Kier alpha value is -0.640. The van der Waals surface area contributed by atoms with Gasteiger partial charge in [0.25, 0.3) is 0 Å². The smallest absolute Gasteiger partial charge is 0.230 e. The molecule has 5 nitrogen and oxygen atoms in total. The second-order valence-corrected chi connectivity index (χ2v) is 6.57. The van der Waals surface area contributed by atoms with Crippen LogP contribution in [0.4, 0.5) is 0 Å². The molecule has 0 bridgehead atoms. The lowest BCUT2D eigenvalue weighted by Gasteiger charge is -2.18. The SMILES string of the molecule is CC(C#N)S(=O)(=O)N1C[C@H]2CNC[C@H]2C1. The molecule has 2 heterocycles. The standard InChI is InChI=1S/C9H15N3O2S/c1-7(2-10)15(13,14)12-5-8-3-11-4-9(8)6-12/h7-9,11H,3-6H2,1H3/t7?,8-,9+. The van der Waals surface area contributed by atoms with Crippen molar-refractivity contribution in [3.63, 3.8) is 0 Å². The number of nitriles is 1. The number of fused-ring (bicyclic) bond motifs is 1. The van der Waals surface area contributed by atoms with E-state index in [1.54, 1.807) is 6.07 Å². The summed E-state index contributed by atoms with van der Waals surface area (Å²) in [5.74, 6) is 0.872. The molecule has 2 rings (SSSR count). The van der Waals surface area contributed by atoms with Gasteiger partial charge in [-0.2, -0.15) is 5.26 Å². The summed E-state index contributed by atoms with van der Waals surface area (Å²) in [6.07, 6.45) is 0. The van der Waals surface area contributed by atoms with Gasteiger partial charge in [-0.3, -0.25) is 0 Å². The van der Waals surface area contributed by atoms with Gasteiger partial charge in [0.1, 0.15) is 0 Å². The molecule has 2 saturated heterocycles. The summed E-state index contributed by atoms with van der Waals surface area (Å²) >= 11 is 0. The third-order valence-electron chi connectivity index (χ3n) is 3.34. The Balaban J connectivity index is 2.12. The van der Waals surface area contributed by atoms with Gasteiger partial charge in [0.2, 0.25) is 10.0 Å². The molecule has 0 aromatic rings. The molecule has 0 radical (unpaired) electrons. The molecule has 15 heavy (non-hydrogen) atoms. The van der Waals surface area contributed by atoms with E-state index in [9.17, 15) is 8.42 Å². The quantitative estimate of drug-likeness (QED) is 0.685. The normalized spacial score (nSPS) is 33.6. The number of hydrogen-bond donors (Lipinski definition) is 1. The fraction of sp³-hybridized carbons (Fsp3) is 0.889. The molecule has 0 aromatic carbocycles. The zero-order valence-corrected chi connectivity index (χ0v) is 9.50. The average Bonchev–Trinajstić information content (AvgIpc) is 2.75. The average molecular weight is 229 g/mol. The van der Waals surface area contributed by atoms with E-state index < -0.39 is 15.3 Å². The van der Waals surface area contributed by atoms with Crippen LogP contribution in [0.2, 0.25) is 0 Å². The molecule has 2 fully saturated rings. The van der Waals surface area contributed by atoms with Crippen LogP contribution in [-0.2, 0) is 10.0 Å². The van der Waals surface area contributed by atoms with E-state index in [0.29, 0.717) is 24.9 Å². The number of nitrogens with zero attached hydrogens (tertiary/aromatic N) is 2.